The number of nitrogens with zero attached hydrogens (tertiary/aromatic N) is 1. The highest BCUT2D eigenvalue weighted by atomic mass is 35.5. The molecule has 0 bridgehead atoms. The Bertz CT molecular complexity index is 555. The summed E-state index contributed by atoms with van der Waals surface area (Å²) in [5, 5.41) is 4.86. The van der Waals surface area contributed by atoms with Crippen molar-refractivity contribution in [2.75, 3.05) is 14.2 Å². The lowest BCUT2D eigenvalue weighted by atomic mass is 10.1. The summed E-state index contributed by atoms with van der Waals surface area (Å²) in [6, 6.07) is 3.91. The van der Waals surface area contributed by atoms with Gasteiger partial charge in [-0.05, 0) is 31.2 Å². The number of aromatic nitrogens is 1. The van der Waals surface area contributed by atoms with Crippen molar-refractivity contribution in [1.82, 2.24) is 10.3 Å². The van der Waals surface area contributed by atoms with E-state index in [4.69, 9.17) is 16.3 Å². The average molecular weight is 251 g/mol. The molecule has 0 radical (unpaired) electrons. The zero-order chi connectivity index (χ0) is 12.4. The van der Waals surface area contributed by atoms with Crippen molar-refractivity contribution in [2.45, 2.75) is 13.5 Å². The van der Waals surface area contributed by atoms with Gasteiger partial charge in [-0.2, -0.15) is 0 Å². The number of pyridine rings is 1. The van der Waals surface area contributed by atoms with Gasteiger partial charge < -0.3 is 10.1 Å². The maximum atomic E-state index is 6.18. The summed E-state index contributed by atoms with van der Waals surface area (Å²) >= 11 is 6.18. The van der Waals surface area contributed by atoms with Crippen LogP contribution in [0.5, 0.6) is 5.75 Å². The lowest BCUT2D eigenvalue weighted by Crippen LogP contribution is -2.05. The summed E-state index contributed by atoms with van der Waals surface area (Å²) in [7, 11) is 3.54. The van der Waals surface area contributed by atoms with E-state index in [1.165, 1.54) is 0 Å². The molecule has 4 heteroatoms. The monoisotopic (exact) mass is 250 g/mol. The molecule has 1 heterocycles. The Kier molecular flexibility index (Phi) is 3.50. The topological polar surface area (TPSA) is 34.2 Å². The molecule has 0 saturated carbocycles. The van der Waals surface area contributed by atoms with Crippen LogP contribution in [-0.2, 0) is 6.54 Å². The fourth-order valence-electron chi connectivity index (χ4n) is 1.87. The van der Waals surface area contributed by atoms with Gasteiger partial charge in [0.05, 0.1) is 7.11 Å². The molecule has 0 atom stereocenters. The van der Waals surface area contributed by atoms with Crippen molar-refractivity contribution in [1.29, 1.82) is 0 Å². The van der Waals surface area contributed by atoms with Crippen molar-refractivity contribution in [3.8, 4) is 5.75 Å². The van der Waals surface area contributed by atoms with Crippen molar-refractivity contribution in [3.05, 3.63) is 34.5 Å². The maximum absolute atomic E-state index is 6.18. The third-order valence-corrected chi connectivity index (χ3v) is 3.19. The third kappa shape index (κ3) is 2.21. The van der Waals surface area contributed by atoms with Gasteiger partial charge in [-0.1, -0.05) is 11.6 Å². The molecule has 0 amide bonds. The number of aryl methyl sites for hydroxylation is 1. The molecule has 0 fully saturated rings. The summed E-state index contributed by atoms with van der Waals surface area (Å²) in [6.07, 6.45) is 1.86. The molecule has 0 unspecified atom stereocenters. The predicted molar refractivity (Wildman–Crippen MR) is 70.8 cm³/mol. The minimum atomic E-state index is 0.706. The highest BCUT2D eigenvalue weighted by Gasteiger charge is 2.10. The van der Waals surface area contributed by atoms with Crippen LogP contribution >= 0.6 is 11.6 Å². The molecule has 2 rings (SSSR count). The normalized spacial score (nSPS) is 10.8. The third-order valence-electron chi connectivity index (χ3n) is 2.80. The fraction of sp³-hybridized carbons (Fsp3) is 0.308. The molecule has 2 aromatic rings. The van der Waals surface area contributed by atoms with Crippen LogP contribution < -0.4 is 10.1 Å². The number of hydrogen-bond donors (Lipinski definition) is 1. The van der Waals surface area contributed by atoms with Crippen molar-refractivity contribution in [3.63, 3.8) is 0 Å². The first-order valence-electron chi connectivity index (χ1n) is 5.43. The van der Waals surface area contributed by atoms with Crippen LogP contribution in [0.2, 0.25) is 5.02 Å². The smallest absolute Gasteiger partial charge is 0.146 e. The Hall–Kier alpha value is -1.32. The first-order valence-corrected chi connectivity index (χ1v) is 5.81. The highest BCUT2D eigenvalue weighted by Crippen LogP contribution is 2.32. The first-order chi connectivity index (χ1) is 8.17. The van der Waals surface area contributed by atoms with E-state index in [1.807, 2.05) is 26.2 Å². The lowest BCUT2D eigenvalue weighted by molar-refractivity contribution is 0.419. The van der Waals surface area contributed by atoms with E-state index < -0.39 is 0 Å². The van der Waals surface area contributed by atoms with E-state index in [1.54, 1.807) is 7.11 Å². The molecule has 17 heavy (non-hydrogen) atoms. The van der Waals surface area contributed by atoms with Gasteiger partial charge in [0.2, 0.25) is 0 Å². The van der Waals surface area contributed by atoms with Gasteiger partial charge in [0.15, 0.2) is 0 Å². The number of fused-ring (bicyclic) bond motifs is 1. The summed E-state index contributed by atoms with van der Waals surface area (Å²) in [4.78, 5) is 4.45. The number of nitrogens with one attached hydrogen (secondary N) is 1. The van der Waals surface area contributed by atoms with Gasteiger partial charge >= 0.3 is 0 Å². The van der Waals surface area contributed by atoms with Crippen molar-refractivity contribution < 1.29 is 4.74 Å². The van der Waals surface area contributed by atoms with Crippen LogP contribution in [0.15, 0.2) is 18.3 Å². The summed E-state index contributed by atoms with van der Waals surface area (Å²) in [6.45, 7) is 2.78. The van der Waals surface area contributed by atoms with E-state index in [-0.39, 0.29) is 0 Å². The molecule has 0 aliphatic heterocycles. The second-order valence-electron chi connectivity index (χ2n) is 3.96. The van der Waals surface area contributed by atoms with Crippen LogP contribution in [0.3, 0.4) is 0 Å². The molecule has 90 valence electrons. The Morgan fingerprint density at radius 3 is 2.82 bits per heavy atom. The largest absolute Gasteiger partial charge is 0.494 e. The summed E-state index contributed by atoms with van der Waals surface area (Å²) in [5.74, 6) is 0.714. The zero-order valence-corrected chi connectivity index (χ0v) is 10.9. The number of rotatable bonds is 3. The minimum absolute atomic E-state index is 0.706. The molecule has 0 saturated heterocycles. The minimum Gasteiger partial charge on any atom is -0.494 e. The maximum Gasteiger partial charge on any atom is 0.146 e. The number of benzene rings is 1. The van der Waals surface area contributed by atoms with E-state index in [9.17, 15) is 0 Å². The average Bonchev–Trinajstić information content (AvgIpc) is 2.34. The SMILES string of the molecule is CNCc1cnc2c(OC)cc(Cl)c(C)c2c1. The second-order valence-corrected chi connectivity index (χ2v) is 4.36. The van der Waals surface area contributed by atoms with Gasteiger partial charge in [-0.15, -0.1) is 0 Å². The summed E-state index contributed by atoms with van der Waals surface area (Å²) < 4.78 is 5.30. The van der Waals surface area contributed by atoms with Gasteiger partial charge in [0, 0.05) is 29.2 Å². The Morgan fingerprint density at radius 1 is 1.41 bits per heavy atom. The molecule has 0 aliphatic carbocycles. The van der Waals surface area contributed by atoms with E-state index >= 15 is 0 Å². The number of halogens is 1. The van der Waals surface area contributed by atoms with Crippen LogP contribution in [0.4, 0.5) is 0 Å². The van der Waals surface area contributed by atoms with E-state index in [2.05, 4.69) is 16.4 Å². The molecular weight excluding hydrogens is 236 g/mol. The van der Waals surface area contributed by atoms with Crippen LogP contribution in [0.1, 0.15) is 11.1 Å². The molecule has 1 N–H and O–H groups in total. The number of hydrogen-bond acceptors (Lipinski definition) is 3. The Morgan fingerprint density at radius 2 is 2.18 bits per heavy atom. The van der Waals surface area contributed by atoms with Crippen LogP contribution in [0, 0.1) is 6.92 Å². The molecule has 1 aromatic carbocycles. The fourth-order valence-corrected chi connectivity index (χ4v) is 2.07. The van der Waals surface area contributed by atoms with Crippen molar-refractivity contribution >= 4 is 22.5 Å². The van der Waals surface area contributed by atoms with Gasteiger partial charge in [0.25, 0.3) is 0 Å². The van der Waals surface area contributed by atoms with Gasteiger partial charge in [-0.3, -0.25) is 4.98 Å². The first kappa shape index (κ1) is 12.1. The number of ether oxygens (including phenoxy) is 1. The molecule has 1 aromatic heterocycles. The quantitative estimate of drug-likeness (QED) is 0.910. The molecule has 0 spiro atoms. The Balaban J connectivity index is 2.70. The second kappa shape index (κ2) is 4.90. The van der Waals surface area contributed by atoms with Gasteiger partial charge in [0.1, 0.15) is 11.3 Å². The number of methoxy groups -OCH3 is 1. The predicted octanol–water partition coefficient (Wildman–Crippen LogP) is 2.92. The summed E-state index contributed by atoms with van der Waals surface area (Å²) in [5.41, 5.74) is 3.02. The lowest BCUT2D eigenvalue weighted by Gasteiger charge is -2.10. The zero-order valence-electron chi connectivity index (χ0n) is 10.2. The van der Waals surface area contributed by atoms with Crippen LogP contribution in [0.25, 0.3) is 10.9 Å². The Labute approximate surface area is 106 Å². The molecular formula is C13H15ClN2O. The van der Waals surface area contributed by atoms with Crippen LogP contribution in [-0.4, -0.2) is 19.1 Å². The molecule has 0 aliphatic rings. The van der Waals surface area contributed by atoms with E-state index in [0.717, 1.165) is 28.6 Å². The van der Waals surface area contributed by atoms with Crippen molar-refractivity contribution in [2.24, 2.45) is 0 Å². The van der Waals surface area contributed by atoms with Gasteiger partial charge in [-0.25, -0.2) is 0 Å². The van der Waals surface area contributed by atoms with E-state index in [0.29, 0.717) is 10.8 Å². The highest BCUT2D eigenvalue weighted by molar-refractivity contribution is 6.32. The molecule has 3 nitrogen and oxygen atoms in total. The standard InChI is InChI=1S/C13H15ClN2O/c1-8-10-4-9(6-15-2)7-16-13(10)12(17-3)5-11(8)14/h4-5,7,15H,6H2,1-3H3.